The van der Waals surface area contributed by atoms with E-state index in [9.17, 15) is 0 Å². The van der Waals surface area contributed by atoms with Gasteiger partial charge in [-0.2, -0.15) is 0 Å². The van der Waals surface area contributed by atoms with Gasteiger partial charge in [0.15, 0.2) is 0 Å². The fourth-order valence-corrected chi connectivity index (χ4v) is 0. The predicted octanol–water partition coefficient (Wildman–Crippen LogP) is -4.98. The molecule has 0 aromatic carbocycles. The van der Waals surface area contributed by atoms with Crippen molar-refractivity contribution in [1.82, 2.24) is 0 Å². The average Bonchev–Trinajstić information content (AvgIpc) is 0.722. The Balaban J connectivity index is -0.0000000800. The molecule has 0 aromatic heterocycles. The van der Waals surface area contributed by atoms with Gasteiger partial charge in [0.1, 0.15) is 0 Å². The Morgan fingerprint density at radius 3 is 0.857 bits per heavy atom. The quantitative estimate of drug-likeness (QED) is 0.289. The number of rotatable bonds is 0. The van der Waals surface area contributed by atoms with Gasteiger partial charge >= 0.3 is 59.7 Å². The SMILES string of the molecule is O[Si](O)(O)O.[BiH3].[SbH3]. The van der Waals surface area contributed by atoms with E-state index < -0.39 is 9.05 Å². The minimum absolute atomic E-state index is 0. The van der Waals surface area contributed by atoms with Crippen LogP contribution >= 0.6 is 0 Å². The molecule has 0 rings (SSSR count). The molecule has 0 aliphatic rings. The van der Waals surface area contributed by atoms with Gasteiger partial charge in [0.25, 0.3) is 0 Å². The van der Waals surface area contributed by atoms with Crippen molar-refractivity contribution in [2.45, 2.75) is 0 Å². The zero-order chi connectivity index (χ0) is 4.50. The van der Waals surface area contributed by atoms with Gasteiger partial charge in [-0.15, -0.1) is 0 Å². The first kappa shape index (κ1) is 15.9. The van der Waals surface area contributed by atoms with Crippen molar-refractivity contribution in [3.63, 3.8) is 0 Å². The van der Waals surface area contributed by atoms with E-state index in [-0.39, 0.29) is 50.6 Å². The average molecular weight is 433 g/mol. The van der Waals surface area contributed by atoms with Crippen molar-refractivity contribution < 1.29 is 19.2 Å². The molecule has 0 saturated carbocycles. The molecule has 0 heterocycles. The second-order valence-corrected chi connectivity index (χ2v) is 1.80. The summed E-state index contributed by atoms with van der Waals surface area (Å²) in [6, 6.07) is 0. The van der Waals surface area contributed by atoms with Crippen LogP contribution in [0.2, 0.25) is 0 Å². The van der Waals surface area contributed by atoms with E-state index in [2.05, 4.69) is 0 Å². The summed E-state index contributed by atoms with van der Waals surface area (Å²) in [4.78, 5) is 29.3. The Morgan fingerprint density at radius 1 is 0.857 bits per heavy atom. The molecule has 0 aliphatic heterocycles. The maximum absolute atomic E-state index is 7.33. The summed E-state index contributed by atoms with van der Waals surface area (Å²) in [6.45, 7) is 0. The van der Waals surface area contributed by atoms with Gasteiger partial charge < -0.3 is 19.2 Å². The molecule has 7 heavy (non-hydrogen) atoms. The standard InChI is InChI=1S/Bi.H4O4Si.Sb.6H/c;1-5(2,3)4;;;;;;;/h;1-4H;;;;;;;. The molecular weight excluding hydrogens is 423 g/mol. The molecule has 48 valence electrons. The first-order chi connectivity index (χ1) is 2.00. The van der Waals surface area contributed by atoms with Crippen molar-refractivity contribution in [3.05, 3.63) is 0 Å². The summed E-state index contributed by atoms with van der Waals surface area (Å²) in [6.07, 6.45) is 0. The van der Waals surface area contributed by atoms with Crippen LogP contribution in [-0.4, -0.2) is 78.9 Å². The summed E-state index contributed by atoms with van der Waals surface area (Å²) in [7, 11) is -4.61. The van der Waals surface area contributed by atoms with Gasteiger partial charge in [-0.05, 0) is 0 Å². The number of hydrogen-bond donors (Lipinski definition) is 4. The third-order valence-corrected chi connectivity index (χ3v) is 0. The molecule has 0 unspecified atom stereocenters. The second-order valence-electron chi connectivity index (χ2n) is 0.600. The van der Waals surface area contributed by atoms with Crippen LogP contribution < -0.4 is 0 Å². The first-order valence-corrected chi connectivity index (χ1v) is 2.68. The molecule has 4 nitrogen and oxygen atoms in total. The first-order valence-electron chi connectivity index (χ1n) is 0.894. The van der Waals surface area contributed by atoms with E-state index in [1.807, 2.05) is 0 Å². The fraction of sp³-hybridized carbons (Fsp3) is 0. The van der Waals surface area contributed by atoms with E-state index in [0.29, 0.717) is 0 Å². The summed E-state index contributed by atoms with van der Waals surface area (Å²) in [5.41, 5.74) is 0. The molecule has 0 aliphatic carbocycles. The van der Waals surface area contributed by atoms with Crippen LogP contribution in [0.5, 0.6) is 0 Å². The normalized spacial score (nSPS) is 8.57. The summed E-state index contributed by atoms with van der Waals surface area (Å²) < 4.78 is 0. The van der Waals surface area contributed by atoms with Crippen LogP contribution in [-0.2, 0) is 0 Å². The van der Waals surface area contributed by atoms with Gasteiger partial charge in [0.2, 0.25) is 0 Å². The second kappa shape index (κ2) is 5.89. The van der Waals surface area contributed by atoms with E-state index >= 15 is 0 Å². The maximum atomic E-state index is 7.33. The molecule has 0 aromatic rings. The van der Waals surface area contributed by atoms with Crippen molar-refractivity contribution >= 4 is 59.7 Å². The summed E-state index contributed by atoms with van der Waals surface area (Å²) in [5.74, 6) is 0. The zero-order valence-corrected chi connectivity index (χ0v) is 14.2. The fourth-order valence-electron chi connectivity index (χ4n) is 0. The molecule has 0 amide bonds. The van der Waals surface area contributed by atoms with Crippen LogP contribution in [0.25, 0.3) is 0 Å². The molecule has 0 radical (unpaired) electrons. The third kappa shape index (κ3) is 83.2. The Kier molecular flexibility index (Phi) is 13.4. The molecule has 7 heteroatoms. The van der Waals surface area contributed by atoms with Gasteiger partial charge in [0, 0.05) is 0 Å². The van der Waals surface area contributed by atoms with Crippen LogP contribution in [0, 0.1) is 0 Å². The molecule has 0 spiro atoms. The Labute approximate surface area is 78.2 Å². The van der Waals surface area contributed by atoms with E-state index in [0.717, 1.165) is 0 Å². The Bertz CT molecular complexity index is 27.2. The van der Waals surface area contributed by atoms with Gasteiger partial charge in [-0.1, -0.05) is 0 Å². The van der Waals surface area contributed by atoms with E-state index in [4.69, 9.17) is 19.2 Å². The van der Waals surface area contributed by atoms with E-state index in [1.54, 1.807) is 0 Å². The van der Waals surface area contributed by atoms with Crippen molar-refractivity contribution in [2.24, 2.45) is 0 Å². The van der Waals surface area contributed by atoms with Gasteiger partial charge in [0.05, 0.1) is 0 Å². The molecule has 0 atom stereocenters. The molecule has 0 saturated heterocycles. The Hall–Kier alpha value is 1.76. The van der Waals surface area contributed by atoms with Crippen LogP contribution in [0.3, 0.4) is 0 Å². The molecule has 0 bridgehead atoms. The molecular formula is H10BiO4SbSi. The summed E-state index contributed by atoms with van der Waals surface area (Å²) in [5, 5.41) is 0. The molecule has 0 fully saturated rings. The van der Waals surface area contributed by atoms with Crippen molar-refractivity contribution in [3.8, 4) is 0 Å². The van der Waals surface area contributed by atoms with Gasteiger partial charge in [-0.3, -0.25) is 0 Å². The Morgan fingerprint density at radius 2 is 0.857 bits per heavy atom. The van der Waals surface area contributed by atoms with Crippen molar-refractivity contribution in [2.75, 3.05) is 0 Å². The van der Waals surface area contributed by atoms with Crippen LogP contribution in [0.15, 0.2) is 0 Å². The summed E-state index contributed by atoms with van der Waals surface area (Å²) >= 11 is 0. The molecule has 4 N–H and O–H groups in total. The van der Waals surface area contributed by atoms with Crippen LogP contribution in [0.1, 0.15) is 0 Å². The van der Waals surface area contributed by atoms with E-state index in [1.165, 1.54) is 0 Å². The minimum atomic E-state index is -4.61. The predicted molar refractivity (Wildman–Crippen MR) is 34.5 cm³/mol. The van der Waals surface area contributed by atoms with Crippen LogP contribution in [0.4, 0.5) is 0 Å². The third-order valence-electron chi connectivity index (χ3n) is 0. The zero-order valence-electron chi connectivity index (χ0n) is 3.70. The monoisotopic (exact) mass is 432 g/mol. The van der Waals surface area contributed by atoms with Crippen molar-refractivity contribution in [1.29, 1.82) is 0 Å². The van der Waals surface area contributed by atoms with Gasteiger partial charge in [-0.25, -0.2) is 0 Å². The number of hydrogen-bond acceptors (Lipinski definition) is 4. The topological polar surface area (TPSA) is 80.9 Å².